The molecule has 0 unspecified atom stereocenters. The molecule has 1 N–H and O–H groups in total. The van der Waals surface area contributed by atoms with Gasteiger partial charge in [-0.05, 0) is 32.0 Å². The van der Waals surface area contributed by atoms with Crippen molar-refractivity contribution >= 4 is 23.0 Å². The molecule has 7 heteroatoms. The van der Waals surface area contributed by atoms with Crippen molar-refractivity contribution in [1.82, 2.24) is 19.7 Å². The molecule has 0 bridgehead atoms. The molecule has 0 radical (unpaired) electrons. The van der Waals surface area contributed by atoms with Crippen molar-refractivity contribution < 1.29 is 0 Å². The summed E-state index contributed by atoms with van der Waals surface area (Å²) in [7, 11) is 3.85. The average Bonchev–Trinajstić information content (AvgIpc) is 3.13. The first kappa shape index (κ1) is 15.5. The minimum atomic E-state index is 0.692. The molecule has 0 fully saturated rings. The van der Waals surface area contributed by atoms with Crippen LogP contribution in [0.5, 0.6) is 0 Å². The molecule has 0 aliphatic rings. The van der Waals surface area contributed by atoms with Gasteiger partial charge in [-0.3, -0.25) is 0 Å². The van der Waals surface area contributed by atoms with Crippen molar-refractivity contribution in [3.05, 3.63) is 46.2 Å². The van der Waals surface area contributed by atoms with Crippen LogP contribution in [0.3, 0.4) is 0 Å². The van der Waals surface area contributed by atoms with Gasteiger partial charge in [0.05, 0.1) is 17.9 Å². The summed E-state index contributed by atoms with van der Waals surface area (Å²) < 4.78 is 1.78. The Kier molecular flexibility index (Phi) is 4.29. The number of thiazole rings is 1. The maximum atomic E-state index is 4.55. The van der Waals surface area contributed by atoms with Crippen molar-refractivity contribution in [1.29, 1.82) is 0 Å². The van der Waals surface area contributed by atoms with Gasteiger partial charge in [0.25, 0.3) is 0 Å². The molecule has 2 heterocycles. The topological polar surface area (TPSA) is 58.9 Å². The monoisotopic (exact) mass is 328 g/mol. The first-order chi connectivity index (χ1) is 11.0. The smallest absolute Gasteiger partial charge is 0.244 e. The van der Waals surface area contributed by atoms with Crippen LogP contribution in [0.15, 0.2) is 30.6 Å². The highest BCUT2D eigenvalue weighted by Gasteiger charge is 2.06. The second-order valence-corrected chi connectivity index (χ2v) is 6.82. The molecule has 6 nitrogen and oxygen atoms in total. The van der Waals surface area contributed by atoms with E-state index in [1.807, 2.05) is 44.1 Å². The molecule has 0 saturated heterocycles. The Balaban J connectivity index is 1.74. The zero-order valence-electron chi connectivity index (χ0n) is 13.7. The summed E-state index contributed by atoms with van der Waals surface area (Å²) in [6.45, 7) is 4.87. The fourth-order valence-electron chi connectivity index (χ4n) is 2.13. The summed E-state index contributed by atoms with van der Waals surface area (Å²) >= 11 is 1.73. The quantitative estimate of drug-likeness (QED) is 0.780. The lowest BCUT2D eigenvalue weighted by Crippen LogP contribution is -2.11. The van der Waals surface area contributed by atoms with Crippen LogP contribution in [0.2, 0.25) is 0 Å². The van der Waals surface area contributed by atoms with Gasteiger partial charge in [0.2, 0.25) is 5.95 Å². The van der Waals surface area contributed by atoms with Crippen molar-refractivity contribution in [3.63, 3.8) is 0 Å². The second kappa shape index (κ2) is 6.37. The van der Waals surface area contributed by atoms with Gasteiger partial charge in [0, 0.05) is 24.7 Å². The Morgan fingerprint density at radius 1 is 1.26 bits per heavy atom. The molecule has 0 amide bonds. The fourth-order valence-corrected chi connectivity index (χ4v) is 3.01. The van der Waals surface area contributed by atoms with Gasteiger partial charge in [-0.2, -0.15) is 4.98 Å². The van der Waals surface area contributed by atoms with E-state index in [1.54, 1.807) is 22.3 Å². The normalized spacial score (nSPS) is 10.8. The van der Waals surface area contributed by atoms with E-state index in [2.05, 4.69) is 33.4 Å². The van der Waals surface area contributed by atoms with E-state index in [0.717, 1.165) is 28.6 Å². The Morgan fingerprint density at radius 3 is 2.74 bits per heavy atom. The average molecular weight is 328 g/mol. The summed E-state index contributed by atoms with van der Waals surface area (Å²) in [6, 6.07) is 8.12. The van der Waals surface area contributed by atoms with Gasteiger partial charge in [0.1, 0.15) is 11.3 Å². The molecule has 3 rings (SSSR count). The van der Waals surface area contributed by atoms with E-state index in [4.69, 9.17) is 0 Å². The molecule has 0 aliphatic heterocycles. The zero-order valence-corrected chi connectivity index (χ0v) is 14.6. The van der Waals surface area contributed by atoms with E-state index >= 15 is 0 Å². The van der Waals surface area contributed by atoms with Crippen molar-refractivity contribution in [2.24, 2.45) is 0 Å². The zero-order chi connectivity index (χ0) is 16.4. The minimum Gasteiger partial charge on any atom is -0.378 e. The molecule has 120 valence electrons. The summed E-state index contributed by atoms with van der Waals surface area (Å²) in [5.41, 5.74) is 3.12. The van der Waals surface area contributed by atoms with Crippen LogP contribution in [0, 0.1) is 13.8 Å². The predicted molar refractivity (Wildman–Crippen MR) is 94.6 cm³/mol. The summed E-state index contributed by atoms with van der Waals surface area (Å²) in [5, 5.41) is 8.96. The number of nitrogens with zero attached hydrogens (tertiary/aromatic N) is 5. The molecular weight excluding hydrogens is 308 g/mol. The van der Waals surface area contributed by atoms with E-state index in [-0.39, 0.29) is 0 Å². The Morgan fingerprint density at radius 2 is 2.09 bits per heavy atom. The molecule has 2 aromatic heterocycles. The number of anilines is 2. The fraction of sp³-hybridized carbons (Fsp3) is 0.312. The molecular formula is C16H20N6S. The van der Waals surface area contributed by atoms with Gasteiger partial charge < -0.3 is 10.2 Å². The van der Waals surface area contributed by atoms with Gasteiger partial charge in [-0.15, -0.1) is 16.4 Å². The predicted octanol–water partition coefficient (Wildman–Crippen LogP) is 3.02. The molecule has 3 aromatic rings. The lowest BCUT2D eigenvalue weighted by molar-refractivity contribution is 0.865. The van der Waals surface area contributed by atoms with Gasteiger partial charge in [-0.1, -0.05) is 6.07 Å². The van der Waals surface area contributed by atoms with Crippen LogP contribution in [0.4, 0.5) is 11.6 Å². The number of hydrogen-bond acceptors (Lipinski definition) is 6. The Labute approximate surface area is 139 Å². The van der Waals surface area contributed by atoms with E-state index in [1.165, 1.54) is 4.88 Å². The highest BCUT2D eigenvalue weighted by Crippen LogP contribution is 2.19. The van der Waals surface area contributed by atoms with Gasteiger partial charge >= 0.3 is 0 Å². The number of aryl methyl sites for hydroxylation is 2. The van der Waals surface area contributed by atoms with Crippen molar-refractivity contribution in [2.45, 2.75) is 20.4 Å². The molecule has 0 spiro atoms. The van der Waals surface area contributed by atoms with Gasteiger partial charge in [-0.25, -0.2) is 9.67 Å². The number of aromatic nitrogens is 4. The number of benzene rings is 1. The highest BCUT2D eigenvalue weighted by molar-refractivity contribution is 7.11. The van der Waals surface area contributed by atoms with Crippen molar-refractivity contribution in [2.75, 3.05) is 24.3 Å². The van der Waals surface area contributed by atoms with Crippen LogP contribution in [0.1, 0.15) is 15.6 Å². The summed E-state index contributed by atoms with van der Waals surface area (Å²) in [4.78, 5) is 12.0. The third-order valence-electron chi connectivity index (χ3n) is 3.51. The van der Waals surface area contributed by atoms with E-state index < -0.39 is 0 Å². The van der Waals surface area contributed by atoms with E-state index in [0.29, 0.717) is 5.95 Å². The number of hydrogen-bond donors (Lipinski definition) is 1. The standard InChI is InChI=1S/C16H20N6S/c1-11-12(2)23-15(19-11)9-17-13-6-5-7-14(8-13)22-10-18-16(20-22)21(3)4/h5-8,10,17H,9H2,1-4H3. The first-order valence-corrected chi connectivity index (χ1v) is 8.21. The lowest BCUT2D eigenvalue weighted by Gasteiger charge is -2.07. The van der Waals surface area contributed by atoms with Crippen LogP contribution in [0.25, 0.3) is 5.69 Å². The van der Waals surface area contributed by atoms with Crippen LogP contribution in [-0.2, 0) is 6.54 Å². The third kappa shape index (κ3) is 3.50. The molecule has 0 saturated carbocycles. The summed E-state index contributed by atoms with van der Waals surface area (Å²) in [6.07, 6.45) is 1.72. The maximum Gasteiger partial charge on any atom is 0.244 e. The number of rotatable bonds is 5. The van der Waals surface area contributed by atoms with Crippen molar-refractivity contribution in [3.8, 4) is 5.69 Å². The Hall–Kier alpha value is -2.41. The number of nitrogens with one attached hydrogen (secondary N) is 1. The van der Waals surface area contributed by atoms with Crippen LogP contribution < -0.4 is 10.2 Å². The molecule has 0 aliphatic carbocycles. The SMILES string of the molecule is Cc1nc(CNc2cccc(-n3cnc(N(C)C)n3)c2)sc1C. The first-order valence-electron chi connectivity index (χ1n) is 7.39. The van der Waals surface area contributed by atoms with E-state index in [9.17, 15) is 0 Å². The van der Waals surface area contributed by atoms with Crippen LogP contribution >= 0.6 is 11.3 Å². The Bertz CT molecular complexity index is 785. The molecule has 23 heavy (non-hydrogen) atoms. The largest absolute Gasteiger partial charge is 0.378 e. The lowest BCUT2D eigenvalue weighted by atomic mass is 10.3. The second-order valence-electron chi connectivity index (χ2n) is 5.54. The third-order valence-corrected chi connectivity index (χ3v) is 4.58. The highest BCUT2D eigenvalue weighted by atomic mass is 32.1. The summed E-state index contributed by atoms with van der Waals surface area (Å²) in [5.74, 6) is 0.692. The van der Waals surface area contributed by atoms with Gasteiger partial charge in [0.15, 0.2) is 0 Å². The minimum absolute atomic E-state index is 0.692. The molecule has 0 atom stereocenters. The molecule has 1 aromatic carbocycles. The maximum absolute atomic E-state index is 4.55. The van der Waals surface area contributed by atoms with Crippen LogP contribution in [-0.4, -0.2) is 33.8 Å².